The highest BCUT2D eigenvalue weighted by atomic mass is 19.1. The molecule has 4 rings (SSSR count). The van der Waals surface area contributed by atoms with E-state index >= 15 is 0 Å². The number of amides is 2. The van der Waals surface area contributed by atoms with Gasteiger partial charge >= 0.3 is 0 Å². The van der Waals surface area contributed by atoms with Crippen LogP contribution in [0.1, 0.15) is 25.0 Å². The molecule has 0 fully saturated rings. The minimum Gasteiger partial charge on any atom is -0.336 e. The minimum absolute atomic E-state index is 0.249. The Bertz CT molecular complexity index is 931. The zero-order valence-corrected chi connectivity index (χ0v) is 14.7. The van der Waals surface area contributed by atoms with Crippen molar-refractivity contribution in [2.45, 2.75) is 26.3 Å². The van der Waals surface area contributed by atoms with Crippen LogP contribution in [0.25, 0.3) is 5.57 Å². The number of nitrogens with zero attached hydrogens (tertiary/aromatic N) is 2. The Kier molecular flexibility index (Phi) is 3.87. The van der Waals surface area contributed by atoms with Crippen LogP contribution in [-0.2, 0) is 16.0 Å². The summed E-state index contributed by atoms with van der Waals surface area (Å²) in [6.07, 6.45) is 0.819. The molecule has 2 aromatic rings. The Hall–Kier alpha value is -2.95. The standard InChI is InChI=1S/C21H19FN2O2/c1-13(2)24-20(25)18(15-7-9-16(22)10-8-15)19(21(24)26)23-12-11-14-5-3-4-6-17(14)23/h3-10,13H,11-12H2,1-2H3. The van der Waals surface area contributed by atoms with Crippen LogP contribution < -0.4 is 4.90 Å². The monoisotopic (exact) mass is 350 g/mol. The van der Waals surface area contributed by atoms with Gasteiger partial charge in [-0.25, -0.2) is 4.39 Å². The summed E-state index contributed by atoms with van der Waals surface area (Å²) in [6, 6.07) is 13.4. The summed E-state index contributed by atoms with van der Waals surface area (Å²) >= 11 is 0. The molecule has 0 bridgehead atoms. The Morgan fingerprint density at radius 1 is 0.962 bits per heavy atom. The summed E-state index contributed by atoms with van der Waals surface area (Å²) in [7, 11) is 0. The van der Waals surface area contributed by atoms with Crippen molar-refractivity contribution in [2.24, 2.45) is 0 Å². The van der Waals surface area contributed by atoms with E-state index in [1.807, 2.05) is 43.0 Å². The van der Waals surface area contributed by atoms with Gasteiger partial charge in [-0.05, 0) is 49.6 Å². The third-order valence-corrected chi connectivity index (χ3v) is 4.90. The fraction of sp³-hybridized carbons (Fsp3) is 0.238. The number of halogens is 1. The van der Waals surface area contributed by atoms with Gasteiger partial charge in [-0.3, -0.25) is 14.5 Å². The molecule has 0 spiro atoms. The van der Waals surface area contributed by atoms with Gasteiger partial charge in [-0.2, -0.15) is 0 Å². The number of anilines is 1. The van der Waals surface area contributed by atoms with Gasteiger partial charge in [0.05, 0.1) is 5.57 Å². The summed E-state index contributed by atoms with van der Waals surface area (Å²) in [6.45, 7) is 4.28. The molecule has 4 nitrogen and oxygen atoms in total. The number of fused-ring (bicyclic) bond motifs is 1. The third kappa shape index (κ3) is 2.43. The summed E-state index contributed by atoms with van der Waals surface area (Å²) in [5, 5.41) is 0. The maximum absolute atomic E-state index is 13.4. The predicted octanol–water partition coefficient (Wildman–Crippen LogP) is 3.38. The molecule has 2 aliphatic heterocycles. The molecule has 26 heavy (non-hydrogen) atoms. The molecular weight excluding hydrogens is 331 g/mol. The Labute approximate surface area is 151 Å². The fourth-order valence-corrected chi connectivity index (χ4v) is 3.70. The number of imide groups is 1. The summed E-state index contributed by atoms with van der Waals surface area (Å²) in [5.74, 6) is -0.989. The maximum atomic E-state index is 13.4. The van der Waals surface area contributed by atoms with Crippen molar-refractivity contribution in [3.05, 3.63) is 71.2 Å². The first-order valence-corrected chi connectivity index (χ1v) is 8.72. The summed E-state index contributed by atoms with van der Waals surface area (Å²) in [4.78, 5) is 29.4. The van der Waals surface area contributed by atoms with Crippen LogP contribution in [0.15, 0.2) is 54.2 Å². The predicted molar refractivity (Wildman–Crippen MR) is 97.8 cm³/mol. The Morgan fingerprint density at radius 3 is 2.35 bits per heavy atom. The summed E-state index contributed by atoms with van der Waals surface area (Å²) in [5.41, 5.74) is 3.41. The van der Waals surface area contributed by atoms with Crippen LogP contribution in [0.4, 0.5) is 10.1 Å². The van der Waals surface area contributed by atoms with Gasteiger partial charge in [0, 0.05) is 18.3 Å². The smallest absolute Gasteiger partial charge is 0.278 e. The zero-order chi connectivity index (χ0) is 18.4. The van der Waals surface area contributed by atoms with E-state index in [1.54, 1.807) is 12.1 Å². The number of benzene rings is 2. The van der Waals surface area contributed by atoms with Crippen molar-refractivity contribution in [3.8, 4) is 0 Å². The van der Waals surface area contributed by atoms with Gasteiger partial charge in [-0.1, -0.05) is 30.3 Å². The van der Waals surface area contributed by atoms with Gasteiger partial charge in [0.25, 0.3) is 11.8 Å². The molecular formula is C21H19FN2O2. The van der Waals surface area contributed by atoms with Gasteiger partial charge in [0.2, 0.25) is 0 Å². The molecule has 0 saturated carbocycles. The van der Waals surface area contributed by atoms with E-state index in [0.717, 1.165) is 17.7 Å². The van der Waals surface area contributed by atoms with E-state index in [0.29, 0.717) is 23.4 Å². The third-order valence-electron chi connectivity index (χ3n) is 4.90. The second-order valence-corrected chi connectivity index (χ2v) is 6.83. The molecule has 2 aliphatic rings. The number of hydrogen-bond donors (Lipinski definition) is 0. The molecule has 0 N–H and O–H groups in total. The molecule has 0 aliphatic carbocycles. The van der Waals surface area contributed by atoms with Gasteiger partial charge in [-0.15, -0.1) is 0 Å². The lowest BCUT2D eigenvalue weighted by molar-refractivity contribution is -0.138. The lowest BCUT2D eigenvalue weighted by atomic mass is 10.0. The second kappa shape index (κ2) is 6.09. The van der Waals surface area contributed by atoms with E-state index in [4.69, 9.17) is 0 Å². The number of rotatable bonds is 3. The van der Waals surface area contributed by atoms with Crippen LogP contribution in [-0.4, -0.2) is 29.3 Å². The van der Waals surface area contributed by atoms with Crippen LogP contribution >= 0.6 is 0 Å². The highest BCUT2D eigenvalue weighted by Crippen LogP contribution is 2.39. The van der Waals surface area contributed by atoms with Crippen LogP contribution in [0.5, 0.6) is 0 Å². The van der Waals surface area contributed by atoms with Crippen LogP contribution in [0, 0.1) is 5.82 Å². The normalized spacial score (nSPS) is 16.9. The van der Waals surface area contributed by atoms with Crippen molar-refractivity contribution < 1.29 is 14.0 Å². The van der Waals surface area contributed by atoms with E-state index in [2.05, 4.69) is 0 Å². The zero-order valence-electron chi connectivity index (χ0n) is 14.7. The average Bonchev–Trinajstić information content (AvgIpc) is 3.14. The maximum Gasteiger partial charge on any atom is 0.278 e. The van der Waals surface area contributed by atoms with Crippen LogP contribution in [0.2, 0.25) is 0 Å². The van der Waals surface area contributed by atoms with Gasteiger partial charge in [0.15, 0.2) is 0 Å². The molecule has 2 heterocycles. The summed E-state index contributed by atoms with van der Waals surface area (Å²) < 4.78 is 13.4. The number of hydrogen-bond acceptors (Lipinski definition) is 3. The molecule has 0 unspecified atom stereocenters. The van der Waals surface area contributed by atoms with E-state index < -0.39 is 0 Å². The first-order valence-electron chi connectivity index (χ1n) is 8.72. The topological polar surface area (TPSA) is 40.6 Å². The molecule has 132 valence electrons. The van der Waals surface area contributed by atoms with Crippen molar-refractivity contribution in [2.75, 3.05) is 11.4 Å². The fourth-order valence-electron chi connectivity index (χ4n) is 3.70. The molecule has 5 heteroatoms. The largest absolute Gasteiger partial charge is 0.336 e. The van der Waals surface area contributed by atoms with E-state index in [-0.39, 0.29) is 23.7 Å². The lowest BCUT2D eigenvalue weighted by Gasteiger charge is -2.23. The Morgan fingerprint density at radius 2 is 1.65 bits per heavy atom. The highest BCUT2D eigenvalue weighted by Gasteiger charge is 2.44. The quantitative estimate of drug-likeness (QED) is 0.797. The SMILES string of the molecule is CC(C)N1C(=O)C(c2ccc(F)cc2)=C(N2CCc3ccccc32)C1=O. The number of carbonyl (C=O) groups is 2. The second-order valence-electron chi connectivity index (χ2n) is 6.83. The molecule has 0 saturated heterocycles. The van der Waals surface area contributed by atoms with E-state index in [1.165, 1.54) is 17.0 Å². The highest BCUT2D eigenvalue weighted by molar-refractivity contribution is 6.37. The van der Waals surface area contributed by atoms with Crippen molar-refractivity contribution >= 4 is 23.1 Å². The number of para-hydroxylation sites is 1. The minimum atomic E-state index is -0.375. The van der Waals surface area contributed by atoms with Gasteiger partial charge < -0.3 is 4.90 Å². The average molecular weight is 350 g/mol. The molecule has 0 aromatic heterocycles. The van der Waals surface area contributed by atoms with Gasteiger partial charge in [0.1, 0.15) is 11.5 Å². The first-order chi connectivity index (χ1) is 12.5. The molecule has 2 amide bonds. The molecule has 2 aromatic carbocycles. The first kappa shape index (κ1) is 16.5. The Balaban J connectivity index is 1.90. The number of carbonyl (C=O) groups excluding carboxylic acids is 2. The molecule has 0 radical (unpaired) electrons. The van der Waals surface area contributed by atoms with Crippen molar-refractivity contribution in [1.29, 1.82) is 0 Å². The lowest BCUT2D eigenvalue weighted by Crippen LogP contribution is -2.39. The van der Waals surface area contributed by atoms with Crippen molar-refractivity contribution in [3.63, 3.8) is 0 Å². The van der Waals surface area contributed by atoms with Crippen LogP contribution in [0.3, 0.4) is 0 Å². The van der Waals surface area contributed by atoms with E-state index in [9.17, 15) is 14.0 Å². The van der Waals surface area contributed by atoms with Crippen molar-refractivity contribution in [1.82, 2.24) is 4.90 Å². The molecule has 0 atom stereocenters.